The van der Waals surface area contributed by atoms with Gasteiger partial charge in [-0.1, -0.05) is 24.6 Å². The molecule has 1 aliphatic rings. The Labute approximate surface area is 154 Å². The van der Waals surface area contributed by atoms with Gasteiger partial charge in [-0.3, -0.25) is 9.59 Å². The summed E-state index contributed by atoms with van der Waals surface area (Å²) < 4.78 is 0. The molecule has 26 heavy (non-hydrogen) atoms. The maximum absolute atomic E-state index is 12.8. The number of anilines is 1. The molecule has 142 valence electrons. The normalized spacial score (nSPS) is 18.0. The Morgan fingerprint density at radius 1 is 1.31 bits per heavy atom. The summed E-state index contributed by atoms with van der Waals surface area (Å²) in [5, 5.41) is 11.7. The molecular formula is C19H27N3O4. The van der Waals surface area contributed by atoms with Gasteiger partial charge in [0.25, 0.3) is 0 Å². The van der Waals surface area contributed by atoms with Crippen LogP contribution in [0.3, 0.4) is 0 Å². The van der Waals surface area contributed by atoms with E-state index in [1.54, 1.807) is 4.90 Å². The molecule has 0 spiro atoms. The molecule has 1 aromatic carbocycles. The van der Waals surface area contributed by atoms with Crippen molar-refractivity contribution < 1.29 is 19.5 Å². The number of amides is 3. The van der Waals surface area contributed by atoms with Gasteiger partial charge in [-0.15, -0.1) is 0 Å². The van der Waals surface area contributed by atoms with Crippen molar-refractivity contribution in [3.8, 4) is 0 Å². The van der Waals surface area contributed by atoms with Gasteiger partial charge in [0, 0.05) is 25.8 Å². The van der Waals surface area contributed by atoms with Gasteiger partial charge in [-0.05, 0) is 38.3 Å². The lowest BCUT2D eigenvalue weighted by atomic mass is 10.0. The van der Waals surface area contributed by atoms with E-state index in [2.05, 4.69) is 5.32 Å². The van der Waals surface area contributed by atoms with Crippen LogP contribution in [0, 0.1) is 26.7 Å². The third-order valence-electron chi connectivity index (χ3n) is 4.72. The highest BCUT2D eigenvalue weighted by molar-refractivity contribution is 6.02. The lowest BCUT2D eigenvalue weighted by Gasteiger charge is -2.24. The monoisotopic (exact) mass is 361 g/mol. The number of rotatable bonds is 5. The smallest absolute Gasteiger partial charge is 0.317 e. The molecule has 7 nitrogen and oxygen atoms in total. The lowest BCUT2D eigenvalue weighted by Crippen LogP contribution is -2.48. The molecule has 1 fully saturated rings. The Hall–Kier alpha value is -2.57. The number of hydrogen-bond acceptors (Lipinski definition) is 3. The standard InChI is InChI=1S/C19H27N3O4/c1-11-8-12(2)16(13(3)9-11)22-7-6-15(17(22)23)20-19(26)21(5)10-14(4)18(24)25/h8-9,14-15H,6-7,10H2,1-5H3,(H,20,26)(H,24,25). The molecular weight excluding hydrogens is 334 g/mol. The molecule has 2 N–H and O–H groups in total. The summed E-state index contributed by atoms with van der Waals surface area (Å²) in [7, 11) is 1.53. The average Bonchev–Trinajstić information content (AvgIpc) is 2.87. The molecule has 2 atom stereocenters. The van der Waals surface area contributed by atoms with Crippen molar-refractivity contribution in [2.75, 3.05) is 25.0 Å². The van der Waals surface area contributed by atoms with E-state index in [4.69, 9.17) is 5.11 Å². The van der Waals surface area contributed by atoms with E-state index >= 15 is 0 Å². The maximum atomic E-state index is 12.8. The van der Waals surface area contributed by atoms with Gasteiger partial charge >= 0.3 is 12.0 Å². The minimum atomic E-state index is -0.960. The van der Waals surface area contributed by atoms with Crippen molar-refractivity contribution >= 4 is 23.6 Å². The molecule has 0 aromatic heterocycles. The van der Waals surface area contributed by atoms with Crippen LogP contribution >= 0.6 is 0 Å². The van der Waals surface area contributed by atoms with Crippen LogP contribution in [0.2, 0.25) is 0 Å². The van der Waals surface area contributed by atoms with Crippen molar-refractivity contribution in [1.29, 1.82) is 0 Å². The van der Waals surface area contributed by atoms with E-state index in [0.29, 0.717) is 13.0 Å². The van der Waals surface area contributed by atoms with E-state index in [9.17, 15) is 14.4 Å². The summed E-state index contributed by atoms with van der Waals surface area (Å²) in [6, 6.07) is 3.06. The molecule has 0 radical (unpaired) electrons. The van der Waals surface area contributed by atoms with Crippen molar-refractivity contribution in [2.45, 2.75) is 40.2 Å². The SMILES string of the molecule is Cc1cc(C)c(N2CCC(NC(=O)N(C)CC(C)C(=O)O)C2=O)c(C)c1. The molecule has 1 saturated heterocycles. The van der Waals surface area contributed by atoms with E-state index in [-0.39, 0.29) is 12.5 Å². The van der Waals surface area contributed by atoms with Crippen LogP contribution in [-0.2, 0) is 9.59 Å². The van der Waals surface area contributed by atoms with Crippen molar-refractivity contribution in [1.82, 2.24) is 10.2 Å². The zero-order valence-electron chi connectivity index (χ0n) is 16.0. The van der Waals surface area contributed by atoms with Gasteiger partial charge < -0.3 is 20.2 Å². The van der Waals surface area contributed by atoms with Crippen molar-refractivity contribution in [3.63, 3.8) is 0 Å². The Balaban J connectivity index is 2.05. The number of nitrogens with zero attached hydrogens (tertiary/aromatic N) is 2. The van der Waals surface area contributed by atoms with Crippen LogP contribution < -0.4 is 10.2 Å². The molecule has 2 unspecified atom stereocenters. The number of aryl methyl sites for hydroxylation is 3. The van der Waals surface area contributed by atoms with Gasteiger partial charge in [-0.25, -0.2) is 4.79 Å². The summed E-state index contributed by atoms with van der Waals surface area (Å²) in [6.07, 6.45) is 0.527. The minimum Gasteiger partial charge on any atom is -0.481 e. The number of carbonyl (C=O) groups is 3. The first-order valence-electron chi connectivity index (χ1n) is 8.75. The first-order chi connectivity index (χ1) is 12.1. The second-order valence-corrected chi connectivity index (χ2v) is 7.15. The average molecular weight is 361 g/mol. The second-order valence-electron chi connectivity index (χ2n) is 7.15. The highest BCUT2D eigenvalue weighted by Gasteiger charge is 2.35. The molecule has 1 aromatic rings. The number of benzene rings is 1. The van der Waals surface area contributed by atoms with Crippen molar-refractivity contribution in [3.05, 3.63) is 28.8 Å². The summed E-state index contributed by atoms with van der Waals surface area (Å²) in [6.45, 7) is 8.15. The van der Waals surface area contributed by atoms with Crippen LogP contribution in [0.25, 0.3) is 0 Å². The van der Waals surface area contributed by atoms with Crippen LogP contribution in [0.1, 0.15) is 30.0 Å². The van der Waals surface area contributed by atoms with Crippen LogP contribution in [0.15, 0.2) is 12.1 Å². The number of nitrogens with one attached hydrogen (secondary N) is 1. The Morgan fingerprint density at radius 2 is 1.88 bits per heavy atom. The predicted molar refractivity (Wildman–Crippen MR) is 99.4 cm³/mol. The predicted octanol–water partition coefficient (Wildman–Crippen LogP) is 2.08. The Morgan fingerprint density at radius 3 is 2.42 bits per heavy atom. The molecule has 2 rings (SSSR count). The van der Waals surface area contributed by atoms with Crippen LogP contribution in [-0.4, -0.2) is 54.1 Å². The second kappa shape index (κ2) is 7.76. The fourth-order valence-corrected chi connectivity index (χ4v) is 3.47. The van der Waals surface area contributed by atoms with E-state index < -0.39 is 24.0 Å². The molecule has 1 aliphatic heterocycles. The summed E-state index contributed by atoms with van der Waals surface area (Å²) in [5.41, 5.74) is 4.13. The quantitative estimate of drug-likeness (QED) is 0.840. The third kappa shape index (κ3) is 4.15. The number of carbonyl (C=O) groups excluding carboxylic acids is 2. The number of hydrogen-bond donors (Lipinski definition) is 2. The van der Waals surface area contributed by atoms with E-state index in [1.165, 1.54) is 18.9 Å². The largest absolute Gasteiger partial charge is 0.481 e. The molecule has 0 aliphatic carbocycles. The number of carboxylic acid groups (broad SMARTS) is 1. The Kier molecular flexibility index (Phi) is 5.90. The van der Waals surface area contributed by atoms with Crippen LogP contribution in [0.5, 0.6) is 0 Å². The third-order valence-corrected chi connectivity index (χ3v) is 4.72. The van der Waals surface area contributed by atoms with E-state index in [1.807, 2.05) is 32.9 Å². The zero-order valence-corrected chi connectivity index (χ0v) is 16.0. The first kappa shape index (κ1) is 19.8. The van der Waals surface area contributed by atoms with Gasteiger partial charge in [0.15, 0.2) is 0 Å². The summed E-state index contributed by atoms with van der Waals surface area (Å²) >= 11 is 0. The van der Waals surface area contributed by atoms with Crippen LogP contribution in [0.4, 0.5) is 10.5 Å². The summed E-state index contributed by atoms with van der Waals surface area (Å²) in [4.78, 5) is 39.0. The number of urea groups is 1. The number of aliphatic carboxylic acids is 1. The molecule has 0 bridgehead atoms. The van der Waals surface area contributed by atoms with Gasteiger partial charge in [-0.2, -0.15) is 0 Å². The van der Waals surface area contributed by atoms with Crippen molar-refractivity contribution in [2.24, 2.45) is 5.92 Å². The van der Waals surface area contributed by atoms with Gasteiger partial charge in [0.1, 0.15) is 6.04 Å². The minimum absolute atomic E-state index is 0.0853. The van der Waals surface area contributed by atoms with E-state index in [0.717, 1.165) is 22.4 Å². The Bertz CT molecular complexity index is 708. The fraction of sp³-hybridized carbons (Fsp3) is 0.526. The highest BCUT2D eigenvalue weighted by atomic mass is 16.4. The number of carboxylic acids is 1. The first-order valence-corrected chi connectivity index (χ1v) is 8.75. The van der Waals surface area contributed by atoms with Gasteiger partial charge in [0.05, 0.1) is 5.92 Å². The molecule has 3 amide bonds. The van der Waals surface area contributed by atoms with Gasteiger partial charge in [0.2, 0.25) is 5.91 Å². The topological polar surface area (TPSA) is 90.0 Å². The fourth-order valence-electron chi connectivity index (χ4n) is 3.47. The molecule has 7 heteroatoms. The maximum Gasteiger partial charge on any atom is 0.317 e. The molecule has 1 heterocycles. The zero-order chi connectivity index (χ0) is 19.6. The summed E-state index contributed by atoms with van der Waals surface area (Å²) in [5.74, 6) is -1.76. The lowest BCUT2D eigenvalue weighted by molar-refractivity contribution is -0.141. The molecule has 0 saturated carbocycles. The highest BCUT2D eigenvalue weighted by Crippen LogP contribution is 2.30.